The zero-order valence-corrected chi connectivity index (χ0v) is 19.9. The van der Waals surface area contributed by atoms with Crippen LogP contribution < -0.4 is 15.2 Å². The number of hydrogen-bond acceptors (Lipinski definition) is 7. The van der Waals surface area contributed by atoms with E-state index in [9.17, 15) is 4.79 Å². The highest BCUT2D eigenvalue weighted by Crippen LogP contribution is 2.36. The molecule has 4 heterocycles. The first-order valence-electron chi connectivity index (χ1n) is 11.5. The lowest BCUT2D eigenvalue weighted by Gasteiger charge is -2.30. The van der Waals surface area contributed by atoms with E-state index >= 15 is 0 Å². The Balaban J connectivity index is 1.29. The Hall–Kier alpha value is -3.38. The molecular weight excluding hydrogens is 454 g/mol. The van der Waals surface area contributed by atoms with Crippen molar-refractivity contribution in [2.24, 2.45) is 11.8 Å². The lowest BCUT2D eigenvalue weighted by molar-refractivity contribution is 0.208. The third-order valence-electron chi connectivity index (χ3n) is 6.80. The van der Waals surface area contributed by atoms with Gasteiger partial charge in [-0.3, -0.25) is 9.48 Å². The predicted molar refractivity (Wildman–Crippen MR) is 128 cm³/mol. The third-order valence-corrected chi connectivity index (χ3v) is 7.17. The number of aryl methyl sites for hydroxylation is 1. The fourth-order valence-electron chi connectivity index (χ4n) is 4.97. The van der Waals surface area contributed by atoms with Gasteiger partial charge in [0.25, 0.3) is 5.56 Å². The van der Waals surface area contributed by atoms with Gasteiger partial charge in [0, 0.05) is 48.9 Å². The molecule has 1 aliphatic heterocycles. The van der Waals surface area contributed by atoms with Crippen LogP contribution in [0.1, 0.15) is 30.7 Å². The van der Waals surface area contributed by atoms with E-state index in [0.29, 0.717) is 30.6 Å². The standard InChI is InChI=1S/C24H26ClN7O2/c1-14-22(15(2)32(30-14)12-17-7-16(8-17)10-26)18-3-5-27-21(9-18)34-19-4-6-31(13-19)20-11-28-29-24(33)23(20)25/h3,5,9,11,16-17,19H,4,6-8,12-13H2,1-2H3,(H,29,33)/t16?,17?,19-/m1/s1. The zero-order valence-electron chi connectivity index (χ0n) is 19.2. The number of H-pyrrole nitrogens is 1. The molecule has 176 valence electrons. The second kappa shape index (κ2) is 9.11. The maximum Gasteiger partial charge on any atom is 0.285 e. The molecule has 3 aromatic rings. The van der Waals surface area contributed by atoms with Crippen molar-refractivity contribution in [1.29, 1.82) is 5.26 Å². The molecular formula is C24H26ClN7O2. The van der Waals surface area contributed by atoms with Crippen molar-refractivity contribution in [2.75, 3.05) is 18.0 Å². The largest absolute Gasteiger partial charge is 0.472 e. The van der Waals surface area contributed by atoms with Crippen LogP contribution >= 0.6 is 11.6 Å². The molecule has 0 unspecified atom stereocenters. The van der Waals surface area contributed by atoms with Crippen molar-refractivity contribution in [3.8, 4) is 23.1 Å². The van der Waals surface area contributed by atoms with Crippen LogP contribution in [0.4, 0.5) is 5.69 Å². The summed E-state index contributed by atoms with van der Waals surface area (Å²) in [5, 5.41) is 20.1. The van der Waals surface area contributed by atoms with Gasteiger partial charge in [0.15, 0.2) is 0 Å². The van der Waals surface area contributed by atoms with Gasteiger partial charge in [-0.1, -0.05) is 11.6 Å². The summed E-state index contributed by atoms with van der Waals surface area (Å²) in [5.74, 6) is 1.27. The van der Waals surface area contributed by atoms with E-state index < -0.39 is 5.56 Å². The van der Waals surface area contributed by atoms with E-state index in [-0.39, 0.29) is 17.0 Å². The molecule has 34 heavy (non-hydrogen) atoms. The molecule has 3 aromatic heterocycles. The van der Waals surface area contributed by atoms with Gasteiger partial charge in [0.2, 0.25) is 5.88 Å². The number of nitrogens with one attached hydrogen (secondary N) is 1. The second-order valence-electron chi connectivity index (χ2n) is 9.15. The van der Waals surface area contributed by atoms with Gasteiger partial charge >= 0.3 is 0 Å². The van der Waals surface area contributed by atoms with Crippen LogP contribution in [-0.2, 0) is 6.54 Å². The van der Waals surface area contributed by atoms with Gasteiger partial charge in [-0.25, -0.2) is 10.1 Å². The van der Waals surface area contributed by atoms with Gasteiger partial charge in [-0.05, 0) is 44.2 Å². The minimum Gasteiger partial charge on any atom is -0.472 e. The first-order valence-corrected chi connectivity index (χ1v) is 11.9. The summed E-state index contributed by atoms with van der Waals surface area (Å²) < 4.78 is 8.27. The smallest absolute Gasteiger partial charge is 0.285 e. The molecule has 1 saturated heterocycles. The lowest BCUT2D eigenvalue weighted by atomic mass is 9.76. The quantitative estimate of drug-likeness (QED) is 0.575. The second-order valence-corrected chi connectivity index (χ2v) is 9.53. The summed E-state index contributed by atoms with van der Waals surface area (Å²) in [6.45, 7) is 6.26. The van der Waals surface area contributed by atoms with Crippen LogP contribution in [0.3, 0.4) is 0 Å². The average Bonchev–Trinajstić information content (AvgIpc) is 3.36. The number of hydrogen-bond donors (Lipinski definition) is 1. The minimum atomic E-state index is -0.397. The summed E-state index contributed by atoms with van der Waals surface area (Å²) in [6, 6.07) is 6.29. The number of halogens is 1. The fraction of sp³-hybridized carbons (Fsp3) is 0.458. The molecule has 1 saturated carbocycles. The lowest BCUT2D eigenvalue weighted by Crippen LogP contribution is -2.27. The van der Waals surface area contributed by atoms with Gasteiger partial charge < -0.3 is 9.64 Å². The molecule has 9 nitrogen and oxygen atoms in total. The summed E-state index contributed by atoms with van der Waals surface area (Å²) in [4.78, 5) is 18.2. The zero-order chi connectivity index (χ0) is 23.8. The van der Waals surface area contributed by atoms with E-state index in [1.54, 1.807) is 12.4 Å². The molecule has 0 bridgehead atoms. The number of pyridine rings is 1. The molecule has 2 aliphatic rings. The van der Waals surface area contributed by atoms with Crippen LogP contribution in [0, 0.1) is 37.0 Å². The normalized spacial score (nSPS) is 21.8. The first kappa shape index (κ1) is 22.4. The van der Waals surface area contributed by atoms with Crippen LogP contribution in [-0.4, -0.2) is 44.2 Å². The molecule has 1 atom stereocenters. The molecule has 0 spiro atoms. The number of nitrogens with zero attached hydrogens (tertiary/aromatic N) is 6. The Kier molecular flexibility index (Phi) is 6.00. The van der Waals surface area contributed by atoms with Crippen molar-refractivity contribution in [3.05, 3.63) is 51.3 Å². The summed E-state index contributed by atoms with van der Waals surface area (Å²) in [7, 11) is 0. The van der Waals surface area contributed by atoms with Crippen LogP contribution in [0.5, 0.6) is 5.88 Å². The topological polar surface area (TPSA) is 113 Å². The molecule has 2 fully saturated rings. The van der Waals surface area contributed by atoms with Crippen molar-refractivity contribution in [2.45, 2.75) is 45.8 Å². The number of anilines is 1. The van der Waals surface area contributed by atoms with E-state index in [1.165, 1.54) is 0 Å². The van der Waals surface area contributed by atoms with Crippen LogP contribution in [0.15, 0.2) is 29.3 Å². The monoisotopic (exact) mass is 479 g/mol. The molecule has 0 aromatic carbocycles. The summed E-state index contributed by atoms with van der Waals surface area (Å²) >= 11 is 6.16. The molecule has 0 amide bonds. The van der Waals surface area contributed by atoms with Crippen LogP contribution in [0.2, 0.25) is 5.02 Å². The fourth-order valence-corrected chi connectivity index (χ4v) is 5.18. The number of aromatic nitrogens is 5. The summed E-state index contributed by atoms with van der Waals surface area (Å²) in [5.41, 5.74) is 4.41. The molecule has 1 N–H and O–H groups in total. The predicted octanol–water partition coefficient (Wildman–Crippen LogP) is 3.51. The molecule has 10 heteroatoms. The van der Waals surface area contributed by atoms with Gasteiger partial charge in [-0.15, -0.1) is 0 Å². The Bertz CT molecular complexity index is 1310. The Labute approximate surface area is 202 Å². The minimum absolute atomic E-state index is 0.0743. The Morgan fingerprint density at radius 2 is 2.18 bits per heavy atom. The molecule has 0 radical (unpaired) electrons. The van der Waals surface area contributed by atoms with Crippen LogP contribution in [0.25, 0.3) is 11.1 Å². The van der Waals surface area contributed by atoms with Gasteiger partial charge in [0.05, 0.1) is 30.2 Å². The van der Waals surface area contributed by atoms with E-state index in [2.05, 4.69) is 32.9 Å². The van der Waals surface area contributed by atoms with Crippen molar-refractivity contribution in [3.63, 3.8) is 0 Å². The van der Waals surface area contributed by atoms with Crippen molar-refractivity contribution in [1.82, 2.24) is 25.0 Å². The van der Waals surface area contributed by atoms with E-state index in [0.717, 1.165) is 48.3 Å². The van der Waals surface area contributed by atoms with Crippen molar-refractivity contribution >= 4 is 17.3 Å². The first-order chi connectivity index (χ1) is 16.4. The van der Waals surface area contributed by atoms with Gasteiger partial charge in [0.1, 0.15) is 11.1 Å². The molecule has 1 aliphatic carbocycles. The Morgan fingerprint density at radius 1 is 1.35 bits per heavy atom. The average molecular weight is 480 g/mol. The number of aromatic amines is 1. The van der Waals surface area contributed by atoms with E-state index in [4.69, 9.17) is 26.7 Å². The highest BCUT2D eigenvalue weighted by Gasteiger charge is 2.30. The van der Waals surface area contributed by atoms with Gasteiger partial charge in [-0.2, -0.15) is 15.5 Å². The highest BCUT2D eigenvalue weighted by molar-refractivity contribution is 6.33. The maximum absolute atomic E-state index is 11.8. The number of ether oxygens (including phenoxy) is 1. The summed E-state index contributed by atoms with van der Waals surface area (Å²) in [6.07, 6.45) is 5.95. The Morgan fingerprint density at radius 3 is 2.97 bits per heavy atom. The van der Waals surface area contributed by atoms with E-state index in [1.807, 2.05) is 24.0 Å². The maximum atomic E-state index is 11.8. The number of nitriles is 1. The van der Waals surface area contributed by atoms with Crippen molar-refractivity contribution < 1.29 is 4.74 Å². The third kappa shape index (κ3) is 4.26. The number of rotatable bonds is 6. The SMILES string of the molecule is Cc1nn(CC2CC(C#N)C2)c(C)c1-c1ccnc(O[C@@H]2CCN(c3cn[nH]c(=O)c3Cl)C2)c1. The highest BCUT2D eigenvalue weighted by atomic mass is 35.5. The molecule has 5 rings (SSSR count).